The Labute approximate surface area is 189 Å². The Kier molecular flexibility index (Phi) is 8.75. The van der Waals surface area contributed by atoms with E-state index in [2.05, 4.69) is 16.9 Å². The summed E-state index contributed by atoms with van der Waals surface area (Å²) in [4.78, 5) is 19.9. The second-order valence-corrected chi connectivity index (χ2v) is 7.93. The number of nitrogens with zero attached hydrogens (tertiary/aromatic N) is 2. The van der Waals surface area contributed by atoms with Gasteiger partial charge < -0.3 is 15.6 Å². The molecule has 0 bridgehead atoms. The van der Waals surface area contributed by atoms with Gasteiger partial charge in [0.05, 0.1) is 6.61 Å². The number of benzene rings is 2. The van der Waals surface area contributed by atoms with Crippen LogP contribution in [0.1, 0.15) is 44.6 Å². The highest BCUT2D eigenvalue weighted by Crippen LogP contribution is 2.23. The number of rotatable bonds is 12. The van der Waals surface area contributed by atoms with Crippen molar-refractivity contribution in [2.24, 2.45) is 5.73 Å². The highest BCUT2D eigenvalue weighted by Gasteiger charge is 2.12. The van der Waals surface area contributed by atoms with Crippen molar-refractivity contribution in [3.63, 3.8) is 0 Å². The number of ether oxygens (including phenoxy) is 1. The summed E-state index contributed by atoms with van der Waals surface area (Å²) in [6.45, 7) is 2.97. The van der Waals surface area contributed by atoms with Crippen LogP contribution in [0.25, 0.3) is 22.5 Å². The molecule has 1 aromatic heterocycles. The molecule has 3 rings (SSSR count). The maximum Gasteiger partial charge on any atom is 0.320 e. The lowest BCUT2D eigenvalue weighted by Crippen LogP contribution is -2.32. The average molecular weight is 434 g/mol. The van der Waals surface area contributed by atoms with Crippen LogP contribution in [0.15, 0.2) is 60.9 Å². The van der Waals surface area contributed by atoms with E-state index in [4.69, 9.17) is 15.6 Å². The third-order valence-electron chi connectivity index (χ3n) is 5.34. The molecular weight excluding hydrogens is 402 g/mol. The minimum absolute atomic E-state index is 0.286. The molecular formula is C26H31N3O3. The number of aromatic nitrogens is 2. The van der Waals surface area contributed by atoms with Gasteiger partial charge in [0.15, 0.2) is 5.82 Å². The fourth-order valence-electron chi connectivity index (χ4n) is 3.40. The quantitative estimate of drug-likeness (QED) is 0.385. The molecule has 0 fully saturated rings. The molecule has 168 valence electrons. The monoisotopic (exact) mass is 433 g/mol. The van der Waals surface area contributed by atoms with E-state index in [0.29, 0.717) is 5.82 Å². The number of aliphatic carboxylic acids is 1. The molecule has 3 N–H and O–H groups in total. The summed E-state index contributed by atoms with van der Waals surface area (Å²) in [5, 5.41) is 8.93. The van der Waals surface area contributed by atoms with E-state index in [9.17, 15) is 4.79 Å². The fraction of sp³-hybridized carbons (Fsp3) is 0.346. The number of nitrogens with two attached hydrogens (primary N) is 1. The smallest absolute Gasteiger partial charge is 0.320 e. The summed E-state index contributed by atoms with van der Waals surface area (Å²) in [5.41, 5.74) is 9.29. The van der Waals surface area contributed by atoms with Crippen molar-refractivity contribution in [1.29, 1.82) is 0 Å². The Hall–Kier alpha value is -3.25. The van der Waals surface area contributed by atoms with Crippen LogP contribution < -0.4 is 10.5 Å². The van der Waals surface area contributed by atoms with Gasteiger partial charge >= 0.3 is 5.97 Å². The van der Waals surface area contributed by atoms with Gasteiger partial charge in [-0.15, -0.1) is 0 Å². The Balaban J connectivity index is 1.55. The van der Waals surface area contributed by atoms with E-state index in [0.717, 1.165) is 41.0 Å². The van der Waals surface area contributed by atoms with E-state index in [1.54, 1.807) is 12.4 Å². The zero-order valence-corrected chi connectivity index (χ0v) is 18.5. The van der Waals surface area contributed by atoms with Gasteiger partial charge in [-0.25, -0.2) is 9.97 Å². The first-order valence-corrected chi connectivity index (χ1v) is 11.2. The second-order valence-electron chi connectivity index (χ2n) is 7.93. The summed E-state index contributed by atoms with van der Waals surface area (Å²) >= 11 is 0. The van der Waals surface area contributed by atoms with Crippen molar-refractivity contribution in [3.05, 3.63) is 66.5 Å². The van der Waals surface area contributed by atoms with E-state index >= 15 is 0 Å². The normalized spacial score (nSPS) is 11.8. The fourth-order valence-corrected chi connectivity index (χ4v) is 3.40. The van der Waals surface area contributed by atoms with Gasteiger partial charge in [-0.05, 0) is 36.1 Å². The molecule has 3 aromatic rings. The Morgan fingerprint density at radius 2 is 1.53 bits per heavy atom. The van der Waals surface area contributed by atoms with Crippen LogP contribution >= 0.6 is 0 Å². The number of hydrogen-bond donors (Lipinski definition) is 2. The molecule has 6 heteroatoms. The van der Waals surface area contributed by atoms with E-state index in [1.807, 2.05) is 48.5 Å². The molecule has 32 heavy (non-hydrogen) atoms. The SMILES string of the molecule is CCCCCCCOc1ccc(-c2cnc(-c3ccc(C[C@H](N)C(=O)O)cc3)nc2)cc1. The minimum Gasteiger partial charge on any atom is -0.494 e. The van der Waals surface area contributed by atoms with Gasteiger partial charge in [0, 0.05) is 23.5 Å². The number of carbonyl (C=O) groups is 1. The van der Waals surface area contributed by atoms with Gasteiger partial charge in [-0.2, -0.15) is 0 Å². The van der Waals surface area contributed by atoms with E-state index < -0.39 is 12.0 Å². The molecule has 0 spiro atoms. The lowest BCUT2D eigenvalue weighted by Gasteiger charge is -2.08. The van der Waals surface area contributed by atoms with Crippen molar-refractivity contribution in [3.8, 4) is 28.3 Å². The molecule has 0 saturated carbocycles. The maximum absolute atomic E-state index is 10.9. The summed E-state index contributed by atoms with van der Waals surface area (Å²) in [6.07, 6.45) is 10.0. The molecule has 0 aliphatic rings. The lowest BCUT2D eigenvalue weighted by atomic mass is 10.0. The Morgan fingerprint density at radius 3 is 2.16 bits per heavy atom. The van der Waals surface area contributed by atoms with Crippen molar-refractivity contribution in [2.45, 2.75) is 51.5 Å². The van der Waals surface area contributed by atoms with Crippen LogP contribution in [0, 0.1) is 0 Å². The predicted octanol–water partition coefficient (Wildman–Crippen LogP) is 5.11. The highest BCUT2D eigenvalue weighted by molar-refractivity contribution is 5.73. The molecule has 0 aliphatic heterocycles. The second kappa shape index (κ2) is 12.0. The third-order valence-corrected chi connectivity index (χ3v) is 5.34. The van der Waals surface area contributed by atoms with Gasteiger partial charge in [0.1, 0.15) is 11.8 Å². The largest absolute Gasteiger partial charge is 0.494 e. The van der Waals surface area contributed by atoms with Gasteiger partial charge in [-0.1, -0.05) is 69.0 Å². The highest BCUT2D eigenvalue weighted by atomic mass is 16.5. The molecule has 0 aliphatic carbocycles. The lowest BCUT2D eigenvalue weighted by molar-refractivity contribution is -0.138. The molecule has 0 radical (unpaired) electrons. The van der Waals surface area contributed by atoms with E-state index in [-0.39, 0.29) is 6.42 Å². The Bertz CT molecular complexity index is 971. The third kappa shape index (κ3) is 6.89. The topological polar surface area (TPSA) is 98.3 Å². The first-order chi connectivity index (χ1) is 15.6. The molecule has 0 amide bonds. The van der Waals surface area contributed by atoms with Gasteiger partial charge in [0.25, 0.3) is 0 Å². The molecule has 6 nitrogen and oxygen atoms in total. The summed E-state index contributed by atoms with van der Waals surface area (Å²) in [7, 11) is 0. The number of hydrogen-bond acceptors (Lipinski definition) is 5. The van der Waals surface area contributed by atoms with Crippen molar-refractivity contribution in [2.75, 3.05) is 6.61 Å². The molecule has 1 heterocycles. The summed E-state index contributed by atoms with van der Waals surface area (Å²) < 4.78 is 5.83. The first kappa shape index (κ1) is 23.4. The van der Waals surface area contributed by atoms with Crippen LogP contribution in [-0.2, 0) is 11.2 Å². The number of unbranched alkanes of at least 4 members (excludes halogenated alkanes) is 4. The zero-order chi connectivity index (χ0) is 22.8. The van der Waals surface area contributed by atoms with Gasteiger partial charge in [0.2, 0.25) is 0 Å². The first-order valence-electron chi connectivity index (χ1n) is 11.2. The van der Waals surface area contributed by atoms with Crippen LogP contribution in [0.5, 0.6) is 5.75 Å². The summed E-state index contributed by atoms with van der Waals surface area (Å²) in [5.74, 6) is 0.491. The van der Waals surface area contributed by atoms with E-state index in [1.165, 1.54) is 25.7 Å². The maximum atomic E-state index is 10.9. The van der Waals surface area contributed by atoms with Crippen molar-refractivity contribution >= 4 is 5.97 Å². The molecule has 1 atom stereocenters. The number of carboxylic acids is 1. The standard InChI is InChI=1S/C26H31N3O3/c1-2-3-4-5-6-15-32-23-13-11-20(12-14-23)22-17-28-25(29-18-22)21-9-7-19(8-10-21)16-24(27)26(30)31/h7-14,17-18,24H,2-6,15-16,27H2,1H3,(H,30,31)/t24-/m0/s1. The average Bonchev–Trinajstić information content (AvgIpc) is 2.82. The van der Waals surface area contributed by atoms with Crippen molar-refractivity contribution in [1.82, 2.24) is 9.97 Å². The molecule has 0 unspecified atom stereocenters. The van der Waals surface area contributed by atoms with Crippen molar-refractivity contribution < 1.29 is 14.6 Å². The van der Waals surface area contributed by atoms with Crippen LogP contribution in [0.4, 0.5) is 0 Å². The zero-order valence-electron chi connectivity index (χ0n) is 18.5. The molecule has 0 saturated heterocycles. The van der Waals surface area contributed by atoms with Crippen LogP contribution in [0.3, 0.4) is 0 Å². The number of carboxylic acid groups (broad SMARTS) is 1. The Morgan fingerprint density at radius 1 is 0.906 bits per heavy atom. The molecule has 2 aromatic carbocycles. The minimum atomic E-state index is -1.00. The summed E-state index contributed by atoms with van der Waals surface area (Å²) in [6, 6.07) is 14.6. The van der Waals surface area contributed by atoms with Crippen LogP contribution in [-0.4, -0.2) is 33.7 Å². The van der Waals surface area contributed by atoms with Crippen LogP contribution in [0.2, 0.25) is 0 Å². The van der Waals surface area contributed by atoms with Gasteiger partial charge in [-0.3, -0.25) is 4.79 Å². The predicted molar refractivity (Wildman–Crippen MR) is 126 cm³/mol.